The largest absolute Gasteiger partial charge is 0.454 e. The second-order valence-electron chi connectivity index (χ2n) is 7.32. The number of carbonyl (C=O) groups excluding carboxylic acids is 1. The van der Waals surface area contributed by atoms with Crippen LogP contribution in [0.4, 0.5) is 0 Å². The van der Waals surface area contributed by atoms with Gasteiger partial charge in [0.2, 0.25) is 6.79 Å². The van der Waals surface area contributed by atoms with Crippen LogP contribution in [0, 0.1) is 0 Å². The summed E-state index contributed by atoms with van der Waals surface area (Å²) in [5.74, 6) is 1.55. The summed E-state index contributed by atoms with van der Waals surface area (Å²) in [5.41, 5.74) is 2.65. The highest BCUT2D eigenvalue weighted by Gasteiger charge is 2.28. The van der Waals surface area contributed by atoms with Crippen LogP contribution < -0.4 is 9.47 Å². The molecule has 0 spiro atoms. The number of para-hydroxylation sites is 2. The first-order chi connectivity index (χ1) is 14.7. The fourth-order valence-electron chi connectivity index (χ4n) is 3.82. The lowest BCUT2D eigenvalue weighted by Crippen LogP contribution is -2.33. The first-order valence-electron chi connectivity index (χ1n) is 9.92. The van der Waals surface area contributed by atoms with E-state index in [0.29, 0.717) is 29.4 Å². The standard InChI is InChI=1S/C25H21NO4/c1-17(18-8-3-2-4-9-18)26(15-20-11-7-13-22-24(20)29-16-28-22)25(27)23-14-19-10-5-6-12-21(19)30-23/h2-14,17H,15-16H2,1H3/t17-/m1/s1. The molecule has 0 saturated carbocycles. The molecule has 5 heteroatoms. The molecule has 150 valence electrons. The molecule has 3 aromatic carbocycles. The van der Waals surface area contributed by atoms with Gasteiger partial charge in [0.1, 0.15) is 5.58 Å². The molecule has 1 aliphatic heterocycles. The van der Waals surface area contributed by atoms with Crippen LogP contribution in [0.5, 0.6) is 11.5 Å². The van der Waals surface area contributed by atoms with E-state index in [1.807, 2.05) is 84.6 Å². The minimum atomic E-state index is -0.168. The van der Waals surface area contributed by atoms with Gasteiger partial charge in [-0.15, -0.1) is 0 Å². The Hall–Kier alpha value is -3.73. The van der Waals surface area contributed by atoms with Crippen molar-refractivity contribution >= 4 is 16.9 Å². The van der Waals surface area contributed by atoms with Gasteiger partial charge in [0, 0.05) is 10.9 Å². The number of nitrogens with zero attached hydrogens (tertiary/aromatic N) is 1. The maximum absolute atomic E-state index is 13.6. The van der Waals surface area contributed by atoms with E-state index in [9.17, 15) is 4.79 Å². The molecule has 0 aliphatic carbocycles. The summed E-state index contributed by atoms with van der Waals surface area (Å²) in [4.78, 5) is 15.4. The molecule has 0 bridgehead atoms. The van der Waals surface area contributed by atoms with Gasteiger partial charge in [-0.1, -0.05) is 60.7 Å². The smallest absolute Gasteiger partial charge is 0.290 e. The lowest BCUT2D eigenvalue weighted by atomic mass is 10.0. The van der Waals surface area contributed by atoms with Crippen LogP contribution in [0.25, 0.3) is 11.0 Å². The van der Waals surface area contributed by atoms with E-state index in [4.69, 9.17) is 13.9 Å². The molecule has 0 radical (unpaired) electrons. The third-order valence-corrected chi connectivity index (χ3v) is 5.47. The summed E-state index contributed by atoms with van der Waals surface area (Å²) >= 11 is 0. The van der Waals surface area contributed by atoms with Crippen LogP contribution in [0.15, 0.2) is 83.3 Å². The number of fused-ring (bicyclic) bond motifs is 2. The lowest BCUT2D eigenvalue weighted by molar-refractivity contribution is 0.0641. The Labute approximate surface area is 174 Å². The van der Waals surface area contributed by atoms with E-state index in [1.165, 1.54) is 0 Å². The molecule has 1 amide bonds. The van der Waals surface area contributed by atoms with Crippen LogP contribution in [0.3, 0.4) is 0 Å². The number of ether oxygens (including phenoxy) is 2. The van der Waals surface area contributed by atoms with Gasteiger partial charge >= 0.3 is 0 Å². The topological polar surface area (TPSA) is 51.9 Å². The van der Waals surface area contributed by atoms with Crippen molar-refractivity contribution in [3.63, 3.8) is 0 Å². The second-order valence-corrected chi connectivity index (χ2v) is 7.32. The molecule has 1 aromatic heterocycles. The Bertz CT molecular complexity index is 1170. The quantitative estimate of drug-likeness (QED) is 0.441. The Balaban J connectivity index is 1.54. The molecule has 5 rings (SSSR count). The third-order valence-electron chi connectivity index (χ3n) is 5.47. The monoisotopic (exact) mass is 399 g/mol. The summed E-state index contributed by atoms with van der Waals surface area (Å²) in [6.07, 6.45) is 0. The number of amides is 1. The molecule has 1 atom stereocenters. The summed E-state index contributed by atoms with van der Waals surface area (Å²) in [6.45, 7) is 2.59. The normalized spacial score (nSPS) is 13.4. The summed E-state index contributed by atoms with van der Waals surface area (Å²) in [5, 5.41) is 0.908. The van der Waals surface area contributed by atoms with Gasteiger partial charge in [-0.25, -0.2) is 0 Å². The van der Waals surface area contributed by atoms with Crippen molar-refractivity contribution in [3.8, 4) is 11.5 Å². The Morgan fingerprint density at radius 2 is 1.77 bits per heavy atom. The SMILES string of the molecule is C[C@H](c1ccccc1)N(Cc1cccc2c1OCO2)C(=O)c1cc2ccccc2o1. The molecular formula is C25H21NO4. The highest BCUT2D eigenvalue weighted by atomic mass is 16.7. The van der Waals surface area contributed by atoms with E-state index in [0.717, 1.165) is 16.5 Å². The zero-order valence-electron chi connectivity index (χ0n) is 16.6. The summed E-state index contributed by atoms with van der Waals surface area (Å²) in [6, 6.07) is 25.0. The first-order valence-corrected chi connectivity index (χ1v) is 9.92. The molecule has 5 nitrogen and oxygen atoms in total. The van der Waals surface area contributed by atoms with Gasteiger partial charge in [-0.2, -0.15) is 0 Å². The Kier molecular flexibility index (Phi) is 4.64. The number of hydrogen-bond acceptors (Lipinski definition) is 4. The molecule has 30 heavy (non-hydrogen) atoms. The Morgan fingerprint density at radius 3 is 2.60 bits per heavy atom. The number of furan rings is 1. The number of carbonyl (C=O) groups is 1. The minimum absolute atomic E-state index is 0.162. The molecule has 0 fully saturated rings. The van der Waals surface area contributed by atoms with E-state index in [1.54, 1.807) is 6.07 Å². The van der Waals surface area contributed by atoms with Gasteiger partial charge in [0.15, 0.2) is 17.3 Å². The van der Waals surface area contributed by atoms with Crippen LogP contribution in [0.2, 0.25) is 0 Å². The maximum atomic E-state index is 13.6. The predicted molar refractivity (Wildman–Crippen MR) is 114 cm³/mol. The molecule has 0 saturated heterocycles. The fourth-order valence-corrected chi connectivity index (χ4v) is 3.82. The van der Waals surface area contributed by atoms with E-state index < -0.39 is 0 Å². The van der Waals surface area contributed by atoms with E-state index in [2.05, 4.69) is 0 Å². The van der Waals surface area contributed by atoms with Crippen LogP contribution >= 0.6 is 0 Å². The fraction of sp³-hybridized carbons (Fsp3) is 0.160. The van der Waals surface area contributed by atoms with Gasteiger partial charge in [0.05, 0.1) is 12.6 Å². The maximum Gasteiger partial charge on any atom is 0.290 e. The van der Waals surface area contributed by atoms with Crippen molar-refractivity contribution in [3.05, 3.63) is 95.7 Å². The molecule has 2 heterocycles. The van der Waals surface area contributed by atoms with Gasteiger partial charge < -0.3 is 18.8 Å². The first kappa shape index (κ1) is 18.3. The highest BCUT2D eigenvalue weighted by Crippen LogP contribution is 2.37. The number of benzene rings is 3. The van der Waals surface area contributed by atoms with Crippen molar-refractivity contribution in [2.45, 2.75) is 19.5 Å². The van der Waals surface area contributed by atoms with Crippen molar-refractivity contribution in [1.29, 1.82) is 0 Å². The van der Waals surface area contributed by atoms with Crippen molar-refractivity contribution < 1.29 is 18.7 Å². The molecule has 0 unspecified atom stereocenters. The zero-order valence-corrected chi connectivity index (χ0v) is 16.6. The second kappa shape index (κ2) is 7.59. The number of hydrogen-bond donors (Lipinski definition) is 0. The third kappa shape index (κ3) is 3.28. The van der Waals surface area contributed by atoms with E-state index >= 15 is 0 Å². The van der Waals surface area contributed by atoms with Gasteiger partial charge in [-0.05, 0) is 30.7 Å². The Morgan fingerprint density at radius 1 is 0.967 bits per heavy atom. The average molecular weight is 399 g/mol. The van der Waals surface area contributed by atoms with Gasteiger partial charge in [0.25, 0.3) is 5.91 Å². The number of rotatable bonds is 5. The summed E-state index contributed by atoms with van der Waals surface area (Å²) < 4.78 is 17.1. The van der Waals surface area contributed by atoms with Crippen molar-refractivity contribution in [2.24, 2.45) is 0 Å². The van der Waals surface area contributed by atoms with Crippen molar-refractivity contribution in [1.82, 2.24) is 4.90 Å². The molecule has 1 aliphatic rings. The van der Waals surface area contributed by atoms with Gasteiger partial charge in [-0.3, -0.25) is 4.79 Å². The lowest BCUT2D eigenvalue weighted by Gasteiger charge is -2.29. The van der Waals surface area contributed by atoms with Crippen LogP contribution in [0.1, 0.15) is 34.6 Å². The van der Waals surface area contributed by atoms with Crippen molar-refractivity contribution in [2.75, 3.05) is 6.79 Å². The predicted octanol–water partition coefficient (Wildman–Crippen LogP) is 5.57. The average Bonchev–Trinajstić information content (AvgIpc) is 3.44. The van der Waals surface area contributed by atoms with E-state index in [-0.39, 0.29) is 18.7 Å². The molecule has 0 N–H and O–H groups in total. The summed E-state index contributed by atoms with van der Waals surface area (Å²) in [7, 11) is 0. The highest BCUT2D eigenvalue weighted by molar-refractivity contribution is 5.96. The molecular weight excluding hydrogens is 378 g/mol. The molecule has 4 aromatic rings. The van der Waals surface area contributed by atoms with Crippen LogP contribution in [-0.2, 0) is 6.54 Å². The van der Waals surface area contributed by atoms with Crippen LogP contribution in [-0.4, -0.2) is 17.6 Å². The zero-order chi connectivity index (χ0) is 20.5. The minimum Gasteiger partial charge on any atom is -0.454 e.